The van der Waals surface area contributed by atoms with Gasteiger partial charge in [0.05, 0.1) is 19.9 Å². The first-order chi connectivity index (χ1) is 14.4. The van der Waals surface area contributed by atoms with Crippen molar-refractivity contribution in [3.05, 3.63) is 65.0 Å². The number of amides is 2. The van der Waals surface area contributed by atoms with E-state index in [0.29, 0.717) is 41.4 Å². The van der Waals surface area contributed by atoms with Gasteiger partial charge in [0.1, 0.15) is 17.2 Å². The highest BCUT2D eigenvalue weighted by molar-refractivity contribution is 6.09. The molecule has 0 saturated heterocycles. The summed E-state index contributed by atoms with van der Waals surface area (Å²) < 4.78 is 12.1. The van der Waals surface area contributed by atoms with E-state index in [9.17, 15) is 9.59 Å². The number of benzene rings is 2. The number of nitrogens with two attached hydrogens (primary N) is 1. The molecule has 8 heteroatoms. The third-order valence-corrected chi connectivity index (χ3v) is 5.14. The summed E-state index contributed by atoms with van der Waals surface area (Å²) in [6.07, 6.45) is 0.467. The van der Waals surface area contributed by atoms with Gasteiger partial charge in [0.25, 0.3) is 11.8 Å². The van der Waals surface area contributed by atoms with E-state index in [1.807, 2.05) is 31.2 Å². The van der Waals surface area contributed by atoms with E-state index in [0.717, 1.165) is 11.3 Å². The molecule has 2 N–H and O–H groups in total. The number of methoxy groups -OCH3 is 2. The average Bonchev–Trinajstić information content (AvgIpc) is 3.14. The van der Waals surface area contributed by atoms with Gasteiger partial charge in [-0.3, -0.25) is 9.59 Å². The van der Waals surface area contributed by atoms with Crippen LogP contribution in [0, 0.1) is 6.92 Å². The number of carbonyl (C=O) groups excluding carboxylic acids is 2. The second-order valence-corrected chi connectivity index (χ2v) is 7.07. The summed E-state index contributed by atoms with van der Waals surface area (Å²) in [6.45, 7) is 2.41. The number of rotatable bonds is 5. The van der Waals surface area contributed by atoms with E-state index < -0.39 is 5.91 Å². The van der Waals surface area contributed by atoms with Crippen LogP contribution < -0.4 is 20.1 Å². The minimum atomic E-state index is -0.670. The third kappa shape index (κ3) is 3.26. The number of fused-ring (bicyclic) bond motifs is 1. The normalized spacial score (nSPS) is 13.2. The van der Waals surface area contributed by atoms with Gasteiger partial charge in [0.2, 0.25) is 0 Å². The third-order valence-electron chi connectivity index (χ3n) is 5.14. The zero-order valence-electron chi connectivity index (χ0n) is 17.0. The Kier molecular flexibility index (Phi) is 4.91. The van der Waals surface area contributed by atoms with Crippen molar-refractivity contribution in [2.24, 2.45) is 5.73 Å². The predicted octanol–water partition coefficient (Wildman–Crippen LogP) is 2.50. The molecule has 1 aromatic heterocycles. The van der Waals surface area contributed by atoms with Gasteiger partial charge in [-0.05, 0) is 31.0 Å². The molecule has 0 bridgehead atoms. The van der Waals surface area contributed by atoms with Crippen molar-refractivity contribution in [2.45, 2.75) is 13.3 Å². The van der Waals surface area contributed by atoms with Gasteiger partial charge in [-0.25, -0.2) is 4.68 Å². The van der Waals surface area contributed by atoms with E-state index in [4.69, 9.17) is 15.2 Å². The molecule has 0 saturated carbocycles. The maximum atomic E-state index is 13.5. The largest absolute Gasteiger partial charge is 0.497 e. The molecule has 1 aliphatic heterocycles. The Bertz CT molecular complexity index is 1130. The van der Waals surface area contributed by atoms with Crippen LogP contribution in [0.15, 0.2) is 42.5 Å². The Hall–Kier alpha value is -3.81. The second-order valence-electron chi connectivity index (χ2n) is 7.07. The van der Waals surface area contributed by atoms with Gasteiger partial charge < -0.3 is 20.1 Å². The molecule has 2 amide bonds. The van der Waals surface area contributed by atoms with Crippen molar-refractivity contribution in [3.63, 3.8) is 0 Å². The Balaban J connectivity index is 1.89. The SMILES string of the molecule is COc1cc(OC)cc(-n2nc(C(N)=O)c3c2C(=O)N(c2cccc(C)c2)CC3)c1. The van der Waals surface area contributed by atoms with Crippen LogP contribution in [0.1, 0.15) is 32.1 Å². The topological polar surface area (TPSA) is 99.7 Å². The van der Waals surface area contributed by atoms with Gasteiger partial charge in [0.15, 0.2) is 5.69 Å². The van der Waals surface area contributed by atoms with Crippen molar-refractivity contribution >= 4 is 17.5 Å². The van der Waals surface area contributed by atoms with Crippen LogP contribution in [0.25, 0.3) is 5.69 Å². The molecule has 30 heavy (non-hydrogen) atoms. The molecule has 2 aromatic carbocycles. The number of hydrogen-bond donors (Lipinski definition) is 1. The maximum absolute atomic E-state index is 13.5. The maximum Gasteiger partial charge on any atom is 0.277 e. The fraction of sp³-hybridized carbons (Fsp3) is 0.227. The van der Waals surface area contributed by atoms with Crippen LogP contribution in [-0.4, -0.2) is 42.4 Å². The van der Waals surface area contributed by atoms with Gasteiger partial charge in [-0.1, -0.05) is 12.1 Å². The standard InChI is InChI=1S/C22H22N4O4/c1-13-5-4-6-14(9-13)25-8-7-18-19(21(23)27)24-26(20(18)22(25)28)15-10-16(29-2)12-17(11-15)30-3/h4-6,9-12H,7-8H2,1-3H3,(H2,23,27). The summed E-state index contributed by atoms with van der Waals surface area (Å²) in [5.41, 5.74) is 8.91. The molecular formula is C22H22N4O4. The first-order valence-corrected chi connectivity index (χ1v) is 9.46. The van der Waals surface area contributed by atoms with Crippen molar-refractivity contribution < 1.29 is 19.1 Å². The van der Waals surface area contributed by atoms with Gasteiger partial charge in [0, 0.05) is 36.0 Å². The molecular weight excluding hydrogens is 384 g/mol. The molecule has 4 rings (SSSR count). The van der Waals surface area contributed by atoms with Crippen molar-refractivity contribution in [1.29, 1.82) is 0 Å². The zero-order valence-corrected chi connectivity index (χ0v) is 17.0. The number of anilines is 1. The highest BCUT2D eigenvalue weighted by atomic mass is 16.5. The summed E-state index contributed by atoms with van der Waals surface area (Å²) in [5.74, 6) is 0.154. The summed E-state index contributed by atoms with van der Waals surface area (Å²) in [5, 5.41) is 4.39. The van der Waals surface area contributed by atoms with E-state index in [-0.39, 0.29) is 11.6 Å². The summed E-state index contributed by atoms with van der Waals surface area (Å²) >= 11 is 0. The molecule has 3 aromatic rings. The second kappa shape index (κ2) is 7.55. The summed E-state index contributed by atoms with van der Waals surface area (Å²) in [7, 11) is 3.08. The van der Waals surface area contributed by atoms with Crippen LogP contribution in [0.4, 0.5) is 5.69 Å². The molecule has 1 aliphatic rings. The number of nitrogens with zero attached hydrogens (tertiary/aromatic N) is 3. The highest BCUT2D eigenvalue weighted by Crippen LogP contribution is 2.31. The van der Waals surface area contributed by atoms with Gasteiger partial charge in [-0.15, -0.1) is 0 Å². The van der Waals surface area contributed by atoms with Crippen molar-refractivity contribution in [1.82, 2.24) is 9.78 Å². The summed E-state index contributed by atoms with van der Waals surface area (Å²) in [4.78, 5) is 27.2. The van der Waals surface area contributed by atoms with Crippen LogP contribution >= 0.6 is 0 Å². The lowest BCUT2D eigenvalue weighted by Gasteiger charge is -2.28. The molecule has 0 fully saturated rings. The molecule has 2 heterocycles. The van der Waals surface area contributed by atoms with E-state index in [1.165, 1.54) is 18.9 Å². The zero-order chi connectivity index (χ0) is 21.4. The monoisotopic (exact) mass is 406 g/mol. The van der Waals surface area contributed by atoms with Crippen molar-refractivity contribution in [2.75, 3.05) is 25.7 Å². The first kappa shape index (κ1) is 19.5. The van der Waals surface area contributed by atoms with Crippen molar-refractivity contribution in [3.8, 4) is 17.2 Å². The van der Waals surface area contributed by atoms with Gasteiger partial charge >= 0.3 is 0 Å². The molecule has 0 radical (unpaired) electrons. The Morgan fingerprint density at radius 2 is 1.77 bits per heavy atom. The number of aromatic nitrogens is 2. The number of hydrogen-bond acceptors (Lipinski definition) is 5. The lowest BCUT2D eigenvalue weighted by molar-refractivity contribution is 0.0972. The Morgan fingerprint density at radius 1 is 1.07 bits per heavy atom. The van der Waals surface area contributed by atoms with E-state index >= 15 is 0 Å². The van der Waals surface area contributed by atoms with Gasteiger partial charge in [-0.2, -0.15) is 5.10 Å². The molecule has 0 spiro atoms. The molecule has 0 unspecified atom stereocenters. The first-order valence-electron chi connectivity index (χ1n) is 9.46. The number of primary amides is 1. The smallest absolute Gasteiger partial charge is 0.277 e. The lowest BCUT2D eigenvalue weighted by Crippen LogP contribution is -2.39. The molecule has 0 atom stereocenters. The Morgan fingerprint density at radius 3 is 2.37 bits per heavy atom. The lowest BCUT2D eigenvalue weighted by atomic mass is 10.0. The number of carbonyl (C=O) groups is 2. The van der Waals surface area contributed by atoms with Crippen LogP contribution in [0.2, 0.25) is 0 Å². The molecule has 0 aliphatic carbocycles. The number of aryl methyl sites for hydroxylation is 1. The van der Waals surface area contributed by atoms with E-state index in [1.54, 1.807) is 23.1 Å². The van der Waals surface area contributed by atoms with Crippen LogP contribution in [0.3, 0.4) is 0 Å². The quantitative estimate of drug-likeness (QED) is 0.702. The van der Waals surface area contributed by atoms with E-state index in [2.05, 4.69) is 5.10 Å². The Labute approximate surface area is 173 Å². The average molecular weight is 406 g/mol. The number of ether oxygens (including phenoxy) is 2. The minimum absolute atomic E-state index is 0.101. The minimum Gasteiger partial charge on any atom is -0.497 e. The van der Waals surface area contributed by atoms with Crippen LogP contribution in [-0.2, 0) is 6.42 Å². The van der Waals surface area contributed by atoms with Crippen LogP contribution in [0.5, 0.6) is 11.5 Å². The highest BCUT2D eigenvalue weighted by Gasteiger charge is 2.34. The molecule has 154 valence electrons. The summed E-state index contributed by atoms with van der Waals surface area (Å²) in [6, 6.07) is 12.9. The predicted molar refractivity (Wildman–Crippen MR) is 112 cm³/mol. The fourth-order valence-electron chi connectivity index (χ4n) is 3.70. The molecule has 8 nitrogen and oxygen atoms in total. The fourth-order valence-corrected chi connectivity index (χ4v) is 3.70.